The fraction of sp³-hybridized carbons (Fsp3) is 0.478. The minimum atomic E-state index is -0.631. The molecular weight excluding hydrogens is 306 g/mol. The quantitative estimate of drug-likeness (QED) is 0.910. The molecule has 2 unspecified atom stereocenters. The van der Waals surface area contributed by atoms with Crippen LogP contribution in [0.4, 0.5) is 0 Å². The predicted molar refractivity (Wildman–Crippen MR) is 100 cm³/mol. The van der Waals surface area contributed by atoms with Crippen LogP contribution in [0.2, 0.25) is 0 Å². The van der Waals surface area contributed by atoms with Crippen LogP contribution in [0.25, 0.3) is 0 Å². The fourth-order valence-electron chi connectivity index (χ4n) is 5.29. The van der Waals surface area contributed by atoms with Crippen molar-refractivity contribution in [3.8, 4) is 0 Å². The molecule has 3 aliphatic rings. The number of aryl methyl sites for hydroxylation is 2. The number of benzene rings is 2. The zero-order chi connectivity index (χ0) is 16.9. The van der Waals surface area contributed by atoms with Gasteiger partial charge >= 0.3 is 0 Å². The Morgan fingerprint density at radius 1 is 0.920 bits per heavy atom. The average Bonchev–Trinajstić information content (AvgIpc) is 2.58. The molecule has 130 valence electrons. The van der Waals surface area contributed by atoms with Gasteiger partial charge < -0.3 is 5.11 Å². The molecule has 1 N–H and O–H groups in total. The van der Waals surface area contributed by atoms with Gasteiger partial charge in [0.1, 0.15) is 0 Å². The Morgan fingerprint density at radius 3 is 2.28 bits per heavy atom. The SMILES string of the molecule is OC1(c2ccc3c(c2)CC3)CC2CCCC(C1)N2Cc1ccccc1. The van der Waals surface area contributed by atoms with Crippen molar-refractivity contribution >= 4 is 0 Å². The first-order chi connectivity index (χ1) is 12.2. The van der Waals surface area contributed by atoms with E-state index in [4.69, 9.17) is 0 Å². The molecule has 2 aromatic carbocycles. The Bertz CT molecular complexity index is 755. The van der Waals surface area contributed by atoms with Crippen molar-refractivity contribution in [2.45, 2.75) is 69.2 Å². The van der Waals surface area contributed by atoms with Gasteiger partial charge in [-0.15, -0.1) is 0 Å². The Balaban J connectivity index is 1.41. The molecule has 2 fully saturated rings. The second-order valence-electron chi connectivity index (χ2n) is 8.32. The molecule has 2 heterocycles. The van der Waals surface area contributed by atoms with Crippen LogP contribution in [0.3, 0.4) is 0 Å². The molecule has 1 aliphatic carbocycles. The molecule has 25 heavy (non-hydrogen) atoms. The summed E-state index contributed by atoms with van der Waals surface area (Å²) < 4.78 is 0. The summed E-state index contributed by atoms with van der Waals surface area (Å²) in [5.41, 5.74) is 4.87. The second-order valence-corrected chi connectivity index (χ2v) is 8.32. The lowest BCUT2D eigenvalue weighted by Crippen LogP contribution is -2.56. The van der Waals surface area contributed by atoms with Gasteiger partial charge in [-0.1, -0.05) is 55.0 Å². The van der Waals surface area contributed by atoms with Crippen molar-refractivity contribution in [1.29, 1.82) is 0 Å². The second kappa shape index (κ2) is 5.96. The summed E-state index contributed by atoms with van der Waals surface area (Å²) >= 11 is 0. The topological polar surface area (TPSA) is 23.5 Å². The highest BCUT2D eigenvalue weighted by Crippen LogP contribution is 2.45. The lowest BCUT2D eigenvalue weighted by molar-refractivity contribution is -0.0999. The standard InChI is InChI=1S/C23H27NO/c25-23(20-12-11-18-9-10-19(18)13-20)14-21-7-4-8-22(15-23)24(21)16-17-5-2-1-3-6-17/h1-3,5-6,11-13,21-22,25H,4,7-10,14-16H2. The van der Waals surface area contributed by atoms with Gasteiger partial charge in [0.05, 0.1) is 5.60 Å². The highest BCUT2D eigenvalue weighted by molar-refractivity contribution is 5.41. The Kier molecular flexibility index (Phi) is 3.72. The zero-order valence-corrected chi connectivity index (χ0v) is 14.8. The van der Waals surface area contributed by atoms with Crippen molar-refractivity contribution in [3.63, 3.8) is 0 Å². The van der Waals surface area contributed by atoms with E-state index in [-0.39, 0.29) is 0 Å². The third-order valence-corrected chi connectivity index (χ3v) is 6.77. The number of nitrogens with zero attached hydrogens (tertiary/aromatic N) is 1. The molecule has 2 nitrogen and oxygen atoms in total. The maximum atomic E-state index is 11.5. The van der Waals surface area contributed by atoms with Crippen LogP contribution >= 0.6 is 0 Å². The maximum absolute atomic E-state index is 11.5. The minimum absolute atomic E-state index is 0.503. The molecule has 0 aromatic heterocycles. The van der Waals surface area contributed by atoms with Crippen molar-refractivity contribution in [3.05, 3.63) is 70.8 Å². The fourth-order valence-corrected chi connectivity index (χ4v) is 5.29. The molecule has 0 amide bonds. The monoisotopic (exact) mass is 333 g/mol. The summed E-state index contributed by atoms with van der Waals surface area (Å²) in [5, 5.41) is 11.5. The molecule has 0 radical (unpaired) electrons. The molecule has 2 saturated heterocycles. The highest BCUT2D eigenvalue weighted by Gasteiger charge is 2.46. The number of hydrogen-bond donors (Lipinski definition) is 1. The normalized spacial score (nSPS) is 31.2. The molecule has 5 rings (SSSR count). The van der Waals surface area contributed by atoms with Gasteiger partial charge in [0.2, 0.25) is 0 Å². The summed E-state index contributed by atoms with van der Waals surface area (Å²) in [6.45, 7) is 1.02. The van der Waals surface area contributed by atoms with E-state index >= 15 is 0 Å². The van der Waals surface area contributed by atoms with Crippen LogP contribution < -0.4 is 0 Å². The number of fused-ring (bicyclic) bond motifs is 3. The Morgan fingerprint density at radius 2 is 1.64 bits per heavy atom. The maximum Gasteiger partial charge on any atom is 0.0926 e. The number of aliphatic hydroxyl groups is 1. The average molecular weight is 333 g/mol. The smallest absolute Gasteiger partial charge is 0.0926 e. The Hall–Kier alpha value is -1.64. The van der Waals surface area contributed by atoms with Crippen molar-refractivity contribution in [1.82, 2.24) is 4.90 Å². The van der Waals surface area contributed by atoms with Gasteiger partial charge in [0.15, 0.2) is 0 Å². The van der Waals surface area contributed by atoms with E-state index in [2.05, 4.69) is 53.4 Å². The molecule has 2 aliphatic heterocycles. The first kappa shape index (κ1) is 15.6. The zero-order valence-electron chi connectivity index (χ0n) is 14.8. The van der Waals surface area contributed by atoms with Gasteiger partial charge in [0.25, 0.3) is 0 Å². The molecular formula is C23H27NO. The third-order valence-electron chi connectivity index (χ3n) is 6.77. The summed E-state index contributed by atoms with van der Waals surface area (Å²) in [6.07, 6.45) is 7.91. The van der Waals surface area contributed by atoms with E-state index in [0.29, 0.717) is 12.1 Å². The van der Waals surface area contributed by atoms with Crippen LogP contribution in [0, 0.1) is 0 Å². The molecule has 2 atom stereocenters. The number of rotatable bonds is 3. The minimum Gasteiger partial charge on any atom is -0.385 e. The van der Waals surface area contributed by atoms with E-state index in [1.165, 1.54) is 54.4 Å². The number of hydrogen-bond acceptors (Lipinski definition) is 2. The van der Waals surface area contributed by atoms with Crippen LogP contribution in [-0.4, -0.2) is 22.1 Å². The molecule has 2 heteroatoms. The lowest BCUT2D eigenvalue weighted by atomic mass is 9.71. The first-order valence-corrected chi connectivity index (χ1v) is 9.86. The third kappa shape index (κ3) is 2.72. The van der Waals surface area contributed by atoms with Crippen molar-refractivity contribution in [2.24, 2.45) is 0 Å². The van der Waals surface area contributed by atoms with Gasteiger partial charge in [-0.2, -0.15) is 0 Å². The lowest BCUT2D eigenvalue weighted by Gasteiger charge is -2.52. The van der Waals surface area contributed by atoms with Crippen molar-refractivity contribution in [2.75, 3.05) is 0 Å². The van der Waals surface area contributed by atoms with Crippen LogP contribution in [0.5, 0.6) is 0 Å². The van der Waals surface area contributed by atoms with E-state index in [1.807, 2.05) is 0 Å². The van der Waals surface area contributed by atoms with E-state index < -0.39 is 5.60 Å². The van der Waals surface area contributed by atoms with Crippen molar-refractivity contribution < 1.29 is 5.11 Å². The van der Waals surface area contributed by atoms with Gasteiger partial charge in [-0.25, -0.2) is 0 Å². The van der Waals surface area contributed by atoms with E-state index in [9.17, 15) is 5.11 Å². The summed E-state index contributed by atoms with van der Waals surface area (Å²) in [5.74, 6) is 0. The summed E-state index contributed by atoms with van der Waals surface area (Å²) in [7, 11) is 0. The molecule has 0 spiro atoms. The number of piperidine rings is 2. The molecule has 2 bridgehead atoms. The molecule has 2 aromatic rings. The van der Waals surface area contributed by atoms with Crippen LogP contribution in [0.15, 0.2) is 48.5 Å². The van der Waals surface area contributed by atoms with Gasteiger partial charge in [0, 0.05) is 18.6 Å². The Labute approximate surface area is 150 Å². The molecule has 0 saturated carbocycles. The van der Waals surface area contributed by atoms with E-state index in [1.54, 1.807) is 0 Å². The van der Waals surface area contributed by atoms with E-state index in [0.717, 1.165) is 19.4 Å². The largest absolute Gasteiger partial charge is 0.385 e. The van der Waals surface area contributed by atoms with Crippen LogP contribution in [0.1, 0.15) is 54.4 Å². The summed E-state index contributed by atoms with van der Waals surface area (Å²) in [6, 6.07) is 18.6. The summed E-state index contributed by atoms with van der Waals surface area (Å²) in [4.78, 5) is 2.68. The highest BCUT2D eigenvalue weighted by atomic mass is 16.3. The first-order valence-electron chi connectivity index (χ1n) is 9.86. The van der Waals surface area contributed by atoms with Gasteiger partial charge in [-0.05, 0) is 60.8 Å². The van der Waals surface area contributed by atoms with Gasteiger partial charge in [-0.3, -0.25) is 4.90 Å². The van der Waals surface area contributed by atoms with Crippen LogP contribution in [-0.2, 0) is 25.0 Å². The predicted octanol–water partition coefficient (Wildman–Crippen LogP) is 4.19.